The summed E-state index contributed by atoms with van der Waals surface area (Å²) in [7, 11) is 0. The summed E-state index contributed by atoms with van der Waals surface area (Å²) in [5, 5.41) is 3.53. The summed E-state index contributed by atoms with van der Waals surface area (Å²) in [6.45, 7) is 6.62. The molecule has 1 aliphatic rings. The van der Waals surface area contributed by atoms with Gasteiger partial charge in [-0.05, 0) is 48.8 Å². The molecular formula is C16H26N2. The van der Waals surface area contributed by atoms with Gasteiger partial charge in [0.1, 0.15) is 0 Å². The zero-order chi connectivity index (χ0) is 13.0. The van der Waals surface area contributed by atoms with E-state index in [-0.39, 0.29) is 0 Å². The molecule has 0 bridgehead atoms. The van der Waals surface area contributed by atoms with Crippen molar-refractivity contribution in [2.24, 2.45) is 17.6 Å². The number of nitrogens with two attached hydrogens (primary N) is 1. The van der Waals surface area contributed by atoms with Crippen molar-refractivity contribution in [3.05, 3.63) is 35.4 Å². The molecule has 0 heterocycles. The van der Waals surface area contributed by atoms with Gasteiger partial charge in [0.15, 0.2) is 0 Å². The van der Waals surface area contributed by atoms with Crippen molar-refractivity contribution in [2.75, 3.05) is 6.54 Å². The molecule has 2 rings (SSSR count). The molecule has 0 spiro atoms. The summed E-state index contributed by atoms with van der Waals surface area (Å²) in [5.41, 5.74) is 8.60. The van der Waals surface area contributed by atoms with E-state index in [0.717, 1.165) is 24.9 Å². The Kier molecular flexibility index (Phi) is 4.79. The summed E-state index contributed by atoms with van der Waals surface area (Å²) in [6.07, 6.45) is 3.56. The molecule has 0 saturated heterocycles. The molecular weight excluding hydrogens is 220 g/mol. The van der Waals surface area contributed by atoms with E-state index in [0.29, 0.717) is 6.04 Å². The van der Waals surface area contributed by atoms with Gasteiger partial charge in [0.05, 0.1) is 0 Å². The monoisotopic (exact) mass is 246 g/mol. The van der Waals surface area contributed by atoms with Crippen molar-refractivity contribution < 1.29 is 0 Å². The first-order valence-corrected chi connectivity index (χ1v) is 7.17. The Balaban J connectivity index is 1.69. The molecule has 3 N–H and O–H groups in total. The number of hydrogen-bond donors (Lipinski definition) is 2. The molecule has 0 unspecified atom stereocenters. The minimum absolute atomic E-state index is 0.465. The Bertz CT molecular complexity index is 350. The minimum atomic E-state index is 0.465. The van der Waals surface area contributed by atoms with Gasteiger partial charge in [-0.1, -0.05) is 38.1 Å². The minimum Gasteiger partial charge on any atom is -0.328 e. The third kappa shape index (κ3) is 4.11. The highest BCUT2D eigenvalue weighted by Gasteiger charge is 2.24. The first kappa shape index (κ1) is 13.6. The van der Waals surface area contributed by atoms with Crippen LogP contribution in [0.5, 0.6) is 0 Å². The van der Waals surface area contributed by atoms with E-state index < -0.39 is 0 Å². The number of nitrogens with one attached hydrogen (secondary N) is 1. The summed E-state index contributed by atoms with van der Waals surface area (Å²) < 4.78 is 0. The topological polar surface area (TPSA) is 38.0 Å². The summed E-state index contributed by atoms with van der Waals surface area (Å²) >= 11 is 0. The van der Waals surface area contributed by atoms with Crippen LogP contribution >= 0.6 is 0 Å². The van der Waals surface area contributed by atoms with Crippen molar-refractivity contribution >= 4 is 0 Å². The average Bonchev–Trinajstić information content (AvgIpc) is 2.28. The first-order valence-electron chi connectivity index (χ1n) is 7.17. The largest absolute Gasteiger partial charge is 0.328 e. The molecule has 1 aliphatic carbocycles. The highest BCUT2D eigenvalue weighted by Crippen LogP contribution is 2.24. The van der Waals surface area contributed by atoms with E-state index in [2.05, 4.69) is 43.4 Å². The van der Waals surface area contributed by atoms with Gasteiger partial charge < -0.3 is 11.1 Å². The molecule has 0 amide bonds. The Morgan fingerprint density at radius 2 is 1.78 bits per heavy atom. The van der Waals surface area contributed by atoms with E-state index in [9.17, 15) is 0 Å². The van der Waals surface area contributed by atoms with Gasteiger partial charge in [-0.3, -0.25) is 0 Å². The lowest BCUT2D eigenvalue weighted by atomic mass is 9.81. The fraction of sp³-hybridized carbons (Fsp3) is 0.625. The highest BCUT2D eigenvalue weighted by molar-refractivity contribution is 5.22. The predicted molar refractivity (Wildman–Crippen MR) is 77.4 cm³/mol. The molecule has 1 aromatic carbocycles. The third-order valence-corrected chi connectivity index (χ3v) is 3.70. The first-order chi connectivity index (χ1) is 8.63. The maximum atomic E-state index is 5.78. The third-order valence-electron chi connectivity index (χ3n) is 3.70. The van der Waals surface area contributed by atoms with Crippen LogP contribution in [-0.4, -0.2) is 12.6 Å². The summed E-state index contributed by atoms with van der Waals surface area (Å²) in [6, 6.07) is 9.48. The van der Waals surface area contributed by atoms with Gasteiger partial charge in [0.2, 0.25) is 0 Å². The molecule has 0 atom stereocenters. The SMILES string of the molecule is CC(C)Cc1ccc(CNCC2CC(N)C2)cc1. The van der Waals surface area contributed by atoms with Crippen LogP contribution in [0, 0.1) is 11.8 Å². The standard InChI is InChI=1S/C16H26N2/c1-12(2)7-13-3-5-14(6-4-13)10-18-11-15-8-16(17)9-15/h3-6,12,15-16,18H,7-11,17H2,1-2H3. The van der Waals surface area contributed by atoms with Gasteiger partial charge in [0, 0.05) is 12.6 Å². The van der Waals surface area contributed by atoms with Gasteiger partial charge in [0.25, 0.3) is 0 Å². The van der Waals surface area contributed by atoms with Gasteiger partial charge in [-0.2, -0.15) is 0 Å². The Labute approximate surface area is 111 Å². The van der Waals surface area contributed by atoms with E-state index in [1.165, 1.54) is 30.4 Å². The zero-order valence-corrected chi connectivity index (χ0v) is 11.7. The molecule has 2 heteroatoms. The Morgan fingerprint density at radius 1 is 1.17 bits per heavy atom. The van der Waals surface area contributed by atoms with Gasteiger partial charge in [-0.15, -0.1) is 0 Å². The van der Waals surface area contributed by atoms with Gasteiger partial charge >= 0.3 is 0 Å². The van der Waals surface area contributed by atoms with Crippen molar-refractivity contribution in [1.82, 2.24) is 5.32 Å². The normalized spacial score (nSPS) is 23.1. The van der Waals surface area contributed by atoms with Gasteiger partial charge in [-0.25, -0.2) is 0 Å². The maximum Gasteiger partial charge on any atom is 0.0205 e. The van der Waals surface area contributed by atoms with Crippen molar-refractivity contribution in [2.45, 2.75) is 45.7 Å². The second-order valence-corrected chi connectivity index (χ2v) is 6.14. The van der Waals surface area contributed by atoms with Crippen molar-refractivity contribution in [1.29, 1.82) is 0 Å². The average molecular weight is 246 g/mol. The van der Waals surface area contributed by atoms with E-state index in [1.54, 1.807) is 0 Å². The second-order valence-electron chi connectivity index (χ2n) is 6.14. The fourth-order valence-electron chi connectivity index (χ4n) is 2.64. The summed E-state index contributed by atoms with van der Waals surface area (Å²) in [4.78, 5) is 0. The van der Waals surface area contributed by atoms with Crippen LogP contribution in [-0.2, 0) is 13.0 Å². The van der Waals surface area contributed by atoms with E-state index in [4.69, 9.17) is 5.73 Å². The van der Waals surface area contributed by atoms with Crippen LogP contribution < -0.4 is 11.1 Å². The van der Waals surface area contributed by atoms with Crippen LogP contribution in [0.25, 0.3) is 0 Å². The smallest absolute Gasteiger partial charge is 0.0205 e. The summed E-state index contributed by atoms with van der Waals surface area (Å²) in [5.74, 6) is 1.54. The Hall–Kier alpha value is -0.860. The second kappa shape index (κ2) is 6.35. The molecule has 1 aromatic rings. The molecule has 0 aromatic heterocycles. The van der Waals surface area contributed by atoms with Crippen molar-refractivity contribution in [3.63, 3.8) is 0 Å². The molecule has 0 radical (unpaired) electrons. The van der Waals surface area contributed by atoms with Crippen LogP contribution in [0.15, 0.2) is 24.3 Å². The van der Waals surface area contributed by atoms with E-state index >= 15 is 0 Å². The van der Waals surface area contributed by atoms with E-state index in [1.807, 2.05) is 0 Å². The molecule has 0 aliphatic heterocycles. The molecule has 100 valence electrons. The lowest BCUT2D eigenvalue weighted by molar-refractivity contribution is 0.256. The molecule has 18 heavy (non-hydrogen) atoms. The molecule has 2 nitrogen and oxygen atoms in total. The predicted octanol–water partition coefficient (Wildman–Crippen LogP) is 2.71. The maximum absolute atomic E-state index is 5.78. The van der Waals surface area contributed by atoms with Crippen LogP contribution in [0.4, 0.5) is 0 Å². The van der Waals surface area contributed by atoms with Crippen LogP contribution in [0.1, 0.15) is 37.8 Å². The van der Waals surface area contributed by atoms with Crippen LogP contribution in [0.3, 0.4) is 0 Å². The molecule has 1 saturated carbocycles. The van der Waals surface area contributed by atoms with Crippen LogP contribution in [0.2, 0.25) is 0 Å². The Morgan fingerprint density at radius 3 is 2.33 bits per heavy atom. The lowest BCUT2D eigenvalue weighted by Crippen LogP contribution is -2.41. The molecule has 1 fully saturated rings. The zero-order valence-electron chi connectivity index (χ0n) is 11.7. The highest BCUT2D eigenvalue weighted by atomic mass is 14.9. The number of benzene rings is 1. The number of hydrogen-bond acceptors (Lipinski definition) is 2. The van der Waals surface area contributed by atoms with Crippen molar-refractivity contribution in [3.8, 4) is 0 Å². The number of rotatable bonds is 6. The quantitative estimate of drug-likeness (QED) is 0.810. The fourth-order valence-corrected chi connectivity index (χ4v) is 2.64. The lowest BCUT2D eigenvalue weighted by Gasteiger charge is -2.32.